The van der Waals surface area contributed by atoms with Crippen LogP contribution in [0, 0.1) is 0 Å². The summed E-state index contributed by atoms with van der Waals surface area (Å²) in [6.07, 6.45) is 6.34. The van der Waals surface area contributed by atoms with Crippen molar-refractivity contribution in [2.45, 2.75) is 51.9 Å². The van der Waals surface area contributed by atoms with Crippen LogP contribution in [0.2, 0.25) is 0 Å². The highest BCUT2D eigenvalue weighted by molar-refractivity contribution is 5.93. The number of aromatic nitrogens is 3. The molecule has 2 aromatic heterocycles. The van der Waals surface area contributed by atoms with Gasteiger partial charge in [0.15, 0.2) is 5.69 Å². The number of H-pyrrole nitrogens is 2. The Hall–Kier alpha value is -2.37. The molecule has 0 fully saturated rings. The fourth-order valence-corrected chi connectivity index (χ4v) is 2.74. The van der Waals surface area contributed by atoms with Crippen LogP contribution in [0.25, 0.3) is 0 Å². The van der Waals surface area contributed by atoms with E-state index in [4.69, 9.17) is 0 Å². The Morgan fingerprint density at radius 1 is 1.30 bits per heavy atom. The van der Waals surface area contributed by atoms with Crippen LogP contribution in [-0.4, -0.2) is 27.3 Å². The van der Waals surface area contributed by atoms with Gasteiger partial charge in [-0.05, 0) is 43.4 Å². The van der Waals surface area contributed by atoms with Crippen molar-refractivity contribution in [2.75, 3.05) is 0 Å². The Bertz CT molecular complexity index is 709. The molecule has 2 heterocycles. The van der Waals surface area contributed by atoms with E-state index in [0.717, 1.165) is 24.2 Å². The highest BCUT2D eigenvalue weighted by atomic mass is 16.2. The number of carbonyl (C=O) groups is 1. The normalized spacial score (nSPS) is 14.9. The molecule has 0 unspecified atom stereocenters. The first-order valence-electron chi connectivity index (χ1n) is 8.03. The number of hydrogen-bond donors (Lipinski definition) is 3. The first-order valence-corrected chi connectivity index (χ1v) is 8.03. The zero-order valence-electron chi connectivity index (χ0n) is 13.9. The van der Waals surface area contributed by atoms with Gasteiger partial charge in [-0.25, -0.2) is 5.43 Å². The molecule has 0 aromatic carbocycles. The van der Waals surface area contributed by atoms with E-state index >= 15 is 0 Å². The second kappa shape index (κ2) is 6.02. The molecule has 23 heavy (non-hydrogen) atoms. The molecule has 3 rings (SSSR count). The summed E-state index contributed by atoms with van der Waals surface area (Å²) in [5, 5.41) is 11.0. The molecule has 3 N–H and O–H groups in total. The van der Waals surface area contributed by atoms with Crippen molar-refractivity contribution < 1.29 is 4.79 Å². The van der Waals surface area contributed by atoms with Gasteiger partial charge in [-0.3, -0.25) is 9.89 Å². The van der Waals surface area contributed by atoms with Gasteiger partial charge >= 0.3 is 0 Å². The van der Waals surface area contributed by atoms with E-state index < -0.39 is 0 Å². The summed E-state index contributed by atoms with van der Waals surface area (Å²) < 4.78 is 0. The summed E-state index contributed by atoms with van der Waals surface area (Å²) in [7, 11) is 0. The molecule has 0 aliphatic heterocycles. The Labute approximate surface area is 135 Å². The number of aryl methyl sites for hydroxylation is 2. The molecule has 1 amide bonds. The van der Waals surface area contributed by atoms with Crippen molar-refractivity contribution in [2.24, 2.45) is 5.10 Å². The van der Waals surface area contributed by atoms with Crippen LogP contribution in [0.4, 0.5) is 0 Å². The summed E-state index contributed by atoms with van der Waals surface area (Å²) in [6.45, 7) is 6.19. The number of carbonyl (C=O) groups excluding carboxylic acids is 1. The number of fused-ring (bicyclic) bond motifs is 1. The third-order valence-electron chi connectivity index (χ3n) is 4.12. The molecular weight excluding hydrogens is 290 g/mol. The van der Waals surface area contributed by atoms with Crippen molar-refractivity contribution in [3.63, 3.8) is 0 Å². The second-order valence-electron chi connectivity index (χ2n) is 7.05. The molecule has 0 atom stereocenters. The van der Waals surface area contributed by atoms with Crippen LogP contribution < -0.4 is 5.43 Å². The summed E-state index contributed by atoms with van der Waals surface area (Å²) in [4.78, 5) is 15.4. The average molecular weight is 313 g/mol. The van der Waals surface area contributed by atoms with Crippen LogP contribution in [0.3, 0.4) is 0 Å². The van der Waals surface area contributed by atoms with Gasteiger partial charge in [0.05, 0.1) is 11.9 Å². The molecule has 1 aliphatic carbocycles. The van der Waals surface area contributed by atoms with Crippen molar-refractivity contribution in [1.29, 1.82) is 0 Å². The van der Waals surface area contributed by atoms with Gasteiger partial charge in [0.1, 0.15) is 0 Å². The van der Waals surface area contributed by atoms with Gasteiger partial charge in [-0.1, -0.05) is 20.8 Å². The molecule has 0 radical (unpaired) electrons. The van der Waals surface area contributed by atoms with E-state index in [9.17, 15) is 4.79 Å². The van der Waals surface area contributed by atoms with Gasteiger partial charge in [-0.2, -0.15) is 10.2 Å². The van der Waals surface area contributed by atoms with Gasteiger partial charge < -0.3 is 4.98 Å². The number of hydrazone groups is 1. The van der Waals surface area contributed by atoms with Crippen molar-refractivity contribution in [3.8, 4) is 0 Å². The fraction of sp³-hybridized carbons (Fsp3) is 0.471. The van der Waals surface area contributed by atoms with Crippen LogP contribution in [0.15, 0.2) is 17.2 Å². The van der Waals surface area contributed by atoms with Crippen molar-refractivity contribution in [1.82, 2.24) is 20.6 Å². The number of nitrogens with one attached hydrogen (secondary N) is 3. The highest BCUT2D eigenvalue weighted by Gasteiger charge is 2.19. The quantitative estimate of drug-likeness (QED) is 0.601. The monoisotopic (exact) mass is 313 g/mol. The van der Waals surface area contributed by atoms with E-state index in [1.54, 1.807) is 12.3 Å². The maximum absolute atomic E-state index is 12.1. The van der Waals surface area contributed by atoms with Gasteiger partial charge in [0.25, 0.3) is 5.91 Å². The molecule has 0 spiro atoms. The zero-order valence-corrected chi connectivity index (χ0v) is 13.9. The van der Waals surface area contributed by atoms with Crippen LogP contribution in [0.1, 0.15) is 66.7 Å². The highest BCUT2D eigenvalue weighted by Crippen LogP contribution is 2.21. The summed E-state index contributed by atoms with van der Waals surface area (Å²) in [6, 6.07) is 3.87. The molecule has 2 aromatic rings. The molecule has 1 aliphatic rings. The largest absolute Gasteiger partial charge is 0.357 e. The lowest BCUT2D eigenvalue weighted by atomic mass is 9.92. The summed E-state index contributed by atoms with van der Waals surface area (Å²) in [5.74, 6) is -0.315. The number of amides is 1. The molecule has 6 heteroatoms. The Kier molecular flexibility index (Phi) is 4.07. The Balaban J connectivity index is 1.62. The maximum atomic E-state index is 12.1. The van der Waals surface area contributed by atoms with E-state index in [2.05, 4.69) is 52.5 Å². The lowest BCUT2D eigenvalue weighted by molar-refractivity contribution is 0.0950. The zero-order chi connectivity index (χ0) is 16.4. The van der Waals surface area contributed by atoms with E-state index in [1.165, 1.54) is 24.1 Å². The lowest BCUT2D eigenvalue weighted by Gasteiger charge is -2.14. The SMILES string of the molecule is CC(C)(C)c1cc(C(=O)N/N=C/c2cc3c([nH]2)CCCC3)n[nH]1. The lowest BCUT2D eigenvalue weighted by Crippen LogP contribution is -2.18. The minimum atomic E-state index is -0.315. The topological polar surface area (TPSA) is 85.9 Å². The fourth-order valence-electron chi connectivity index (χ4n) is 2.74. The summed E-state index contributed by atoms with van der Waals surface area (Å²) >= 11 is 0. The van der Waals surface area contributed by atoms with Gasteiger partial charge in [0, 0.05) is 16.8 Å². The molecule has 0 saturated carbocycles. The number of nitrogens with zero attached hydrogens (tertiary/aromatic N) is 2. The van der Waals surface area contributed by atoms with Gasteiger partial charge in [0.2, 0.25) is 0 Å². The molecule has 0 bridgehead atoms. The Morgan fingerprint density at radius 2 is 2.09 bits per heavy atom. The molecular formula is C17H23N5O. The number of hydrogen-bond acceptors (Lipinski definition) is 3. The first-order chi connectivity index (χ1) is 10.9. The predicted octanol–water partition coefficient (Wildman–Crippen LogP) is 2.68. The minimum absolute atomic E-state index is 0.0713. The molecule has 122 valence electrons. The van der Waals surface area contributed by atoms with Crippen molar-refractivity contribution >= 4 is 12.1 Å². The second-order valence-corrected chi connectivity index (χ2v) is 7.05. The standard InChI is InChI=1S/C17H23N5O/c1-17(2,3)15-9-14(20-21-15)16(23)22-18-10-12-8-11-6-4-5-7-13(11)19-12/h8-10,19H,4-7H2,1-3H3,(H,20,21)(H,22,23)/b18-10+. The van der Waals surface area contributed by atoms with Crippen LogP contribution in [0.5, 0.6) is 0 Å². The molecule has 0 saturated heterocycles. The van der Waals surface area contributed by atoms with E-state index in [-0.39, 0.29) is 11.3 Å². The van der Waals surface area contributed by atoms with Crippen LogP contribution >= 0.6 is 0 Å². The Morgan fingerprint density at radius 3 is 2.78 bits per heavy atom. The first kappa shape index (κ1) is 15.5. The van der Waals surface area contributed by atoms with Crippen molar-refractivity contribution in [3.05, 3.63) is 40.5 Å². The minimum Gasteiger partial charge on any atom is -0.357 e. The third-order valence-corrected chi connectivity index (χ3v) is 4.12. The van der Waals surface area contributed by atoms with Gasteiger partial charge in [-0.15, -0.1) is 0 Å². The smallest absolute Gasteiger partial charge is 0.291 e. The predicted molar refractivity (Wildman–Crippen MR) is 89.8 cm³/mol. The van der Waals surface area contributed by atoms with Crippen LogP contribution in [-0.2, 0) is 18.3 Å². The molecule has 6 nitrogen and oxygen atoms in total. The van der Waals surface area contributed by atoms with E-state index in [0.29, 0.717) is 5.69 Å². The third kappa shape index (κ3) is 3.52. The average Bonchev–Trinajstić information content (AvgIpc) is 3.13. The maximum Gasteiger partial charge on any atom is 0.291 e. The number of aromatic amines is 2. The van der Waals surface area contributed by atoms with E-state index in [1.807, 2.05) is 0 Å². The summed E-state index contributed by atoms with van der Waals surface area (Å²) in [5.41, 5.74) is 7.30. The number of rotatable bonds is 3.